The fraction of sp³-hybridized carbons (Fsp3) is 0.758. The highest BCUT2D eigenvalue weighted by Gasteiger charge is 2.58. The van der Waals surface area contributed by atoms with E-state index in [0.717, 1.165) is 36.1 Å². The molecule has 3 saturated heterocycles. The Morgan fingerprint density at radius 1 is 1.00 bits per heavy atom. The van der Waals surface area contributed by atoms with Gasteiger partial charge < -0.3 is 29.0 Å². The van der Waals surface area contributed by atoms with E-state index >= 15 is 0 Å². The van der Waals surface area contributed by atoms with Gasteiger partial charge in [0.1, 0.15) is 5.60 Å². The first-order valence-corrected chi connectivity index (χ1v) is 16.1. The summed E-state index contributed by atoms with van der Waals surface area (Å²) in [5, 5.41) is 10.6. The molecule has 1 aromatic carbocycles. The molecule has 5 aliphatic rings. The van der Waals surface area contributed by atoms with Crippen LogP contribution in [0, 0.1) is 5.41 Å². The predicted molar refractivity (Wildman–Crippen MR) is 167 cm³/mol. The van der Waals surface area contributed by atoms with Gasteiger partial charge >= 0.3 is 13.2 Å². The smallest absolute Gasteiger partial charge is 0.444 e. The summed E-state index contributed by atoms with van der Waals surface area (Å²) >= 11 is 0. The summed E-state index contributed by atoms with van der Waals surface area (Å²) in [4.78, 5) is 33.6. The van der Waals surface area contributed by atoms with Gasteiger partial charge in [-0.2, -0.15) is 0 Å². The molecule has 1 spiro atoms. The number of β-amino-alcohol motifs (C(OH)–C–C–N with tert-alkyl or cyclic N) is 1. The molecule has 43 heavy (non-hydrogen) atoms. The number of carbonyl (C=O) groups excluding carboxylic acids is 2. The van der Waals surface area contributed by atoms with Crippen molar-refractivity contribution in [1.82, 2.24) is 9.80 Å². The van der Waals surface area contributed by atoms with E-state index in [0.29, 0.717) is 38.5 Å². The first-order valence-electron chi connectivity index (χ1n) is 16.1. The van der Waals surface area contributed by atoms with Crippen LogP contribution in [0.15, 0.2) is 18.2 Å². The Morgan fingerprint density at radius 3 is 2.14 bits per heavy atom. The van der Waals surface area contributed by atoms with Gasteiger partial charge in [-0.15, -0.1) is 0 Å². The summed E-state index contributed by atoms with van der Waals surface area (Å²) < 4.78 is 18.4. The molecule has 1 unspecified atom stereocenters. The first kappa shape index (κ1) is 30.9. The van der Waals surface area contributed by atoms with Crippen LogP contribution in [-0.2, 0) is 24.3 Å². The number of amides is 2. The molecule has 1 atom stereocenters. The Kier molecular flexibility index (Phi) is 7.13. The molecule has 0 bridgehead atoms. The lowest BCUT2D eigenvalue weighted by Gasteiger charge is -2.46. The number of benzene rings is 1. The van der Waals surface area contributed by atoms with Crippen molar-refractivity contribution >= 4 is 30.3 Å². The van der Waals surface area contributed by atoms with Crippen molar-refractivity contribution in [2.75, 3.05) is 31.1 Å². The maximum atomic E-state index is 14.6. The third-order valence-corrected chi connectivity index (χ3v) is 11.1. The fourth-order valence-electron chi connectivity index (χ4n) is 7.49. The SMILES string of the molecule is CC(C)(C)OC(=O)N1CCC2(CC1)C(=O)N(C1CC(N3CC(O)C(C)(C)C3)C1)c1cc(B3OC(C)(C)C(C)(C)O3)ccc12. The van der Waals surface area contributed by atoms with Gasteiger partial charge in [0.15, 0.2) is 0 Å². The van der Waals surface area contributed by atoms with Crippen LogP contribution in [-0.4, -0.2) is 95.2 Å². The van der Waals surface area contributed by atoms with E-state index in [1.807, 2.05) is 20.8 Å². The number of ether oxygens (including phenoxy) is 1. The highest BCUT2D eigenvalue weighted by atomic mass is 16.7. The van der Waals surface area contributed by atoms with Crippen LogP contribution in [0.1, 0.15) is 93.6 Å². The van der Waals surface area contributed by atoms with E-state index in [1.54, 1.807) is 4.90 Å². The number of aliphatic hydroxyl groups is 1. The van der Waals surface area contributed by atoms with Gasteiger partial charge in [0.25, 0.3) is 0 Å². The third kappa shape index (κ3) is 5.10. The maximum absolute atomic E-state index is 14.6. The number of nitrogens with zero attached hydrogens (tertiary/aromatic N) is 3. The van der Waals surface area contributed by atoms with E-state index in [9.17, 15) is 14.7 Å². The molecule has 10 heteroatoms. The molecule has 9 nitrogen and oxygen atoms in total. The summed E-state index contributed by atoms with van der Waals surface area (Å²) in [6.07, 6.45) is 2.24. The average molecular weight is 596 g/mol. The number of carbonyl (C=O) groups is 2. The van der Waals surface area contributed by atoms with Crippen LogP contribution >= 0.6 is 0 Å². The average Bonchev–Trinajstić information content (AvgIpc) is 3.35. The molecule has 2 amide bonds. The Balaban J connectivity index is 1.27. The number of hydrogen-bond donors (Lipinski definition) is 1. The molecule has 0 radical (unpaired) electrons. The van der Waals surface area contributed by atoms with E-state index in [2.05, 4.69) is 69.5 Å². The van der Waals surface area contributed by atoms with Gasteiger partial charge in [0, 0.05) is 49.4 Å². The van der Waals surface area contributed by atoms with Crippen LogP contribution in [0.3, 0.4) is 0 Å². The van der Waals surface area contributed by atoms with Crippen molar-refractivity contribution in [2.45, 2.75) is 128 Å². The minimum atomic E-state index is -0.667. The molecule has 1 aromatic rings. The van der Waals surface area contributed by atoms with Crippen LogP contribution in [0.4, 0.5) is 10.5 Å². The van der Waals surface area contributed by atoms with E-state index in [-0.39, 0.29) is 29.6 Å². The maximum Gasteiger partial charge on any atom is 0.494 e. The van der Waals surface area contributed by atoms with E-state index in [1.165, 1.54) is 0 Å². The van der Waals surface area contributed by atoms with Gasteiger partial charge in [-0.1, -0.05) is 26.0 Å². The molecule has 1 N–H and O–H groups in total. The van der Waals surface area contributed by atoms with Crippen LogP contribution in [0.2, 0.25) is 0 Å². The predicted octanol–water partition coefficient (Wildman–Crippen LogP) is 3.83. The Labute approximate surface area is 257 Å². The van der Waals surface area contributed by atoms with Gasteiger partial charge in [-0.25, -0.2) is 4.79 Å². The normalized spacial score (nSPS) is 31.0. The van der Waals surface area contributed by atoms with E-state index in [4.69, 9.17) is 14.0 Å². The zero-order chi connectivity index (χ0) is 31.3. The Hall–Kier alpha value is -2.14. The number of likely N-dealkylation sites (tertiary alicyclic amines) is 2. The lowest BCUT2D eigenvalue weighted by atomic mass is 9.71. The van der Waals surface area contributed by atoms with Gasteiger partial charge in [0.2, 0.25) is 5.91 Å². The molecule has 1 aliphatic carbocycles. The number of anilines is 1. The third-order valence-electron chi connectivity index (χ3n) is 11.1. The lowest BCUT2D eigenvalue weighted by Crippen LogP contribution is -2.58. The van der Waals surface area contributed by atoms with Crippen molar-refractivity contribution in [2.24, 2.45) is 5.41 Å². The minimum absolute atomic E-state index is 0.0916. The van der Waals surface area contributed by atoms with Crippen LogP contribution < -0.4 is 10.4 Å². The Bertz CT molecular complexity index is 1280. The van der Waals surface area contributed by atoms with Crippen LogP contribution in [0.5, 0.6) is 0 Å². The largest absolute Gasteiger partial charge is 0.494 e. The molecular weight excluding hydrogens is 545 g/mol. The standard InChI is InChI=1S/C33H50BN3O6/c1-29(2,3)41-28(40)35-14-12-33(13-15-35)24-11-10-21(34-42-31(6,7)32(8,9)43-34)16-25(24)37(27(33)39)23-17-22(18-23)36-19-26(38)30(4,5)20-36/h10-11,16,22-23,26,38H,12-15,17-20H2,1-9H3. The molecule has 4 aliphatic heterocycles. The van der Waals surface area contributed by atoms with Gasteiger partial charge in [0.05, 0.1) is 22.7 Å². The van der Waals surface area contributed by atoms with Crippen molar-refractivity contribution < 1.29 is 28.7 Å². The van der Waals surface area contributed by atoms with E-state index < -0.39 is 29.3 Å². The molecule has 1 saturated carbocycles. The number of piperidine rings is 1. The van der Waals surface area contributed by atoms with Crippen molar-refractivity contribution in [3.8, 4) is 0 Å². The quantitative estimate of drug-likeness (QED) is 0.532. The van der Waals surface area contributed by atoms with Gasteiger partial charge in [-0.05, 0) is 91.2 Å². The zero-order valence-electron chi connectivity index (χ0n) is 27.5. The molecule has 6 rings (SSSR count). The fourth-order valence-corrected chi connectivity index (χ4v) is 7.49. The van der Waals surface area contributed by atoms with Crippen molar-refractivity contribution in [3.05, 3.63) is 23.8 Å². The zero-order valence-corrected chi connectivity index (χ0v) is 27.5. The number of fused-ring (bicyclic) bond motifs is 2. The summed E-state index contributed by atoms with van der Waals surface area (Å²) in [5.74, 6) is 0.141. The van der Waals surface area contributed by atoms with Gasteiger partial charge in [-0.3, -0.25) is 9.69 Å². The molecular formula is C33H50BN3O6. The molecule has 4 heterocycles. The lowest BCUT2D eigenvalue weighted by molar-refractivity contribution is -0.126. The molecule has 4 fully saturated rings. The summed E-state index contributed by atoms with van der Waals surface area (Å²) in [6, 6.07) is 6.72. The van der Waals surface area contributed by atoms with Crippen molar-refractivity contribution in [1.29, 1.82) is 0 Å². The second-order valence-corrected chi connectivity index (χ2v) is 16.3. The Morgan fingerprint density at radius 2 is 1.60 bits per heavy atom. The second kappa shape index (κ2) is 9.93. The summed E-state index contributed by atoms with van der Waals surface area (Å²) in [7, 11) is -0.514. The summed E-state index contributed by atoms with van der Waals surface area (Å²) in [5.41, 5.74) is 0.637. The minimum Gasteiger partial charge on any atom is -0.444 e. The number of hydrogen-bond acceptors (Lipinski definition) is 7. The monoisotopic (exact) mass is 595 g/mol. The van der Waals surface area contributed by atoms with Crippen LogP contribution in [0.25, 0.3) is 0 Å². The molecule has 0 aromatic heterocycles. The molecule has 236 valence electrons. The second-order valence-electron chi connectivity index (χ2n) is 16.3. The topological polar surface area (TPSA) is 91.8 Å². The highest BCUT2D eigenvalue weighted by Crippen LogP contribution is 2.51. The highest BCUT2D eigenvalue weighted by molar-refractivity contribution is 6.62. The first-order chi connectivity index (χ1) is 19.8. The van der Waals surface area contributed by atoms with Crippen molar-refractivity contribution in [3.63, 3.8) is 0 Å². The summed E-state index contributed by atoms with van der Waals surface area (Å²) in [6.45, 7) is 20.6. The number of aliphatic hydroxyl groups excluding tert-OH is 1. The number of rotatable bonds is 3.